The van der Waals surface area contributed by atoms with Crippen LogP contribution in [0.1, 0.15) is 78.4 Å². The van der Waals surface area contributed by atoms with Crippen LogP contribution in [0.5, 0.6) is 0 Å². The van der Waals surface area contributed by atoms with Gasteiger partial charge in [-0.2, -0.15) is 0 Å². The highest BCUT2D eigenvalue weighted by Gasteiger charge is 2.44. The number of urea groups is 1. The second kappa shape index (κ2) is 9.09. The number of hydrogen-bond donors (Lipinski definition) is 2. The van der Waals surface area contributed by atoms with Crippen LogP contribution < -0.4 is 5.32 Å². The number of carboxylic acid groups (broad SMARTS) is 1. The molecule has 0 aromatic heterocycles. The minimum Gasteiger partial charge on any atom is -0.481 e. The molecule has 5 nitrogen and oxygen atoms in total. The van der Waals surface area contributed by atoms with Crippen molar-refractivity contribution in [2.75, 3.05) is 0 Å². The van der Waals surface area contributed by atoms with Gasteiger partial charge in [-0.05, 0) is 72.6 Å². The van der Waals surface area contributed by atoms with Gasteiger partial charge in [-0.3, -0.25) is 9.69 Å². The SMILES string of the molecule is CC(C)C1=CN(C2CC(CC(=O)O)C2)C(=O)N[C@@]1(C)c1ccc(CCC(C)(C)C)c(Cl)c1. The molecule has 1 fully saturated rings. The number of rotatable bonds is 7. The lowest BCUT2D eigenvalue weighted by molar-refractivity contribution is -0.139. The number of halogens is 1. The van der Waals surface area contributed by atoms with Gasteiger partial charge in [0.15, 0.2) is 0 Å². The van der Waals surface area contributed by atoms with Crippen LogP contribution in [-0.2, 0) is 16.8 Å². The van der Waals surface area contributed by atoms with Gasteiger partial charge in [0.05, 0.1) is 5.54 Å². The number of nitrogens with one attached hydrogen (secondary N) is 1. The normalized spacial score (nSPS) is 25.9. The van der Waals surface area contributed by atoms with Crippen LogP contribution in [0.25, 0.3) is 0 Å². The van der Waals surface area contributed by atoms with Gasteiger partial charge in [0.25, 0.3) is 0 Å². The largest absolute Gasteiger partial charge is 0.481 e. The molecule has 1 aromatic rings. The molecule has 1 heterocycles. The van der Waals surface area contributed by atoms with Crippen molar-refractivity contribution in [1.82, 2.24) is 10.2 Å². The van der Waals surface area contributed by atoms with E-state index in [0.717, 1.165) is 47.4 Å². The highest BCUT2D eigenvalue weighted by atomic mass is 35.5. The first kappa shape index (κ1) is 24.6. The highest BCUT2D eigenvalue weighted by molar-refractivity contribution is 6.31. The Kier molecular flexibility index (Phi) is 6.99. The van der Waals surface area contributed by atoms with Gasteiger partial charge < -0.3 is 10.4 Å². The lowest BCUT2D eigenvalue weighted by Crippen LogP contribution is -2.58. The van der Waals surface area contributed by atoms with Crippen LogP contribution in [0, 0.1) is 17.3 Å². The maximum Gasteiger partial charge on any atom is 0.322 e. The number of carboxylic acids is 1. The van der Waals surface area contributed by atoms with Crippen LogP contribution in [0.3, 0.4) is 0 Å². The quantitative estimate of drug-likeness (QED) is 0.497. The molecule has 0 radical (unpaired) electrons. The van der Waals surface area contributed by atoms with E-state index in [1.165, 1.54) is 0 Å². The predicted octanol–water partition coefficient (Wildman–Crippen LogP) is 6.35. The van der Waals surface area contributed by atoms with E-state index in [4.69, 9.17) is 16.7 Å². The molecule has 1 atom stereocenters. The Hall–Kier alpha value is -2.01. The maximum atomic E-state index is 13.1. The number of carbonyl (C=O) groups excluding carboxylic acids is 1. The van der Waals surface area contributed by atoms with Crippen LogP contribution in [0.2, 0.25) is 5.02 Å². The fraction of sp³-hybridized carbons (Fsp3) is 0.615. The lowest BCUT2D eigenvalue weighted by Gasteiger charge is -2.48. The van der Waals surface area contributed by atoms with Gasteiger partial charge in [0.1, 0.15) is 0 Å². The van der Waals surface area contributed by atoms with Gasteiger partial charge in [-0.25, -0.2) is 4.79 Å². The van der Waals surface area contributed by atoms with Crippen LogP contribution in [0.15, 0.2) is 30.0 Å². The fourth-order valence-electron chi connectivity index (χ4n) is 4.84. The molecule has 6 heteroatoms. The summed E-state index contributed by atoms with van der Waals surface area (Å²) < 4.78 is 0. The molecule has 0 unspecified atom stereocenters. The molecule has 176 valence electrons. The molecule has 1 saturated carbocycles. The van der Waals surface area contributed by atoms with Crippen molar-refractivity contribution < 1.29 is 14.7 Å². The average Bonchev–Trinajstić information content (AvgIpc) is 2.62. The summed E-state index contributed by atoms with van der Waals surface area (Å²) in [5, 5.41) is 13.0. The molecule has 0 saturated heterocycles. The van der Waals surface area contributed by atoms with Crippen LogP contribution in [-0.4, -0.2) is 28.0 Å². The first-order valence-corrected chi connectivity index (χ1v) is 12.0. The number of benzene rings is 1. The molecule has 3 rings (SSSR count). The summed E-state index contributed by atoms with van der Waals surface area (Å²) in [4.78, 5) is 25.8. The second-order valence-electron chi connectivity index (χ2n) is 11.2. The van der Waals surface area contributed by atoms with E-state index in [-0.39, 0.29) is 35.7 Å². The van der Waals surface area contributed by atoms with E-state index in [0.29, 0.717) is 0 Å². The minimum atomic E-state index is -0.773. The Labute approximate surface area is 197 Å². The van der Waals surface area contributed by atoms with Gasteiger partial charge in [-0.15, -0.1) is 0 Å². The number of nitrogens with zero attached hydrogens (tertiary/aromatic N) is 1. The third kappa shape index (κ3) is 5.31. The number of aryl methyl sites for hydroxylation is 1. The predicted molar refractivity (Wildman–Crippen MR) is 129 cm³/mol. The van der Waals surface area contributed by atoms with Crippen molar-refractivity contribution in [1.29, 1.82) is 0 Å². The summed E-state index contributed by atoms with van der Waals surface area (Å²) in [5.74, 6) is -0.406. The summed E-state index contributed by atoms with van der Waals surface area (Å²) in [6, 6.07) is 6.10. The molecular formula is C26H37ClN2O3. The van der Waals surface area contributed by atoms with E-state index in [2.05, 4.69) is 52.1 Å². The first-order valence-electron chi connectivity index (χ1n) is 11.6. The number of hydrogen-bond acceptors (Lipinski definition) is 2. The standard InChI is InChI=1S/C26H37ClN2O3/c1-16(2)21-15-29(20-11-17(12-20)13-23(30)31)24(32)28-26(21,6)19-8-7-18(22(27)14-19)9-10-25(3,4)5/h7-8,14-17,20H,9-13H2,1-6H3,(H,28,32)(H,30,31)/t17?,20?,26-/m0/s1. The van der Waals surface area contributed by atoms with Gasteiger partial charge in [0.2, 0.25) is 0 Å². The Balaban J connectivity index is 1.84. The van der Waals surface area contributed by atoms with E-state index < -0.39 is 11.5 Å². The minimum absolute atomic E-state index is 0.0565. The molecule has 0 bridgehead atoms. The second-order valence-corrected chi connectivity index (χ2v) is 11.6. The average molecular weight is 461 g/mol. The van der Waals surface area contributed by atoms with Crippen molar-refractivity contribution in [2.45, 2.75) is 85.2 Å². The molecule has 2 amide bonds. The molecule has 1 aliphatic carbocycles. The zero-order chi connectivity index (χ0) is 23.8. The van der Waals surface area contributed by atoms with E-state index >= 15 is 0 Å². The van der Waals surface area contributed by atoms with Crippen molar-refractivity contribution in [3.8, 4) is 0 Å². The van der Waals surface area contributed by atoms with Crippen molar-refractivity contribution >= 4 is 23.6 Å². The van der Waals surface area contributed by atoms with Gasteiger partial charge in [0, 0.05) is 23.7 Å². The lowest BCUT2D eigenvalue weighted by atomic mass is 9.75. The third-order valence-electron chi connectivity index (χ3n) is 6.91. The van der Waals surface area contributed by atoms with E-state index in [1.54, 1.807) is 4.90 Å². The fourth-order valence-corrected chi connectivity index (χ4v) is 5.11. The zero-order valence-electron chi connectivity index (χ0n) is 20.2. The molecule has 1 aliphatic heterocycles. The Morgan fingerprint density at radius 2 is 1.97 bits per heavy atom. The Morgan fingerprint density at radius 3 is 2.50 bits per heavy atom. The summed E-state index contributed by atoms with van der Waals surface area (Å²) in [6.45, 7) is 13.0. The number of carbonyl (C=O) groups is 2. The zero-order valence-corrected chi connectivity index (χ0v) is 20.9. The number of aliphatic carboxylic acids is 1. The van der Waals surface area contributed by atoms with Crippen molar-refractivity contribution in [2.24, 2.45) is 17.3 Å². The maximum absolute atomic E-state index is 13.1. The molecular weight excluding hydrogens is 424 g/mol. The summed E-state index contributed by atoms with van der Waals surface area (Å²) in [7, 11) is 0. The van der Waals surface area contributed by atoms with E-state index in [1.807, 2.05) is 19.2 Å². The molecule has 2 aliphatic rings. The highest BCUT2D eigenvalue weighted by Crippen LogP contribution is 2.42. The molecule has 1 aromatic carbocycles. The monoisotopic (exact) mass is 460 g/mol. The smallest absolute Gasteiger partial charge is 0.322 e. The van der Waals surface area contributed by atoms with Crippen LogP contribution >= 0.6 is 11.6 Å². The topological polar surface area (TPSA) is 69.6 Å². The number of amides is 2. The summed E-state index contributed by atoms with van der Waals surface area (Å²) >= 11 is 6.68. The molecule has 0 spiro atoms. The van der Waals surface area contributed by atoms with Crippen molar-refractivity contribution in [3.05, 3.63) is 46.1 Å². The summed E-state index contributed by atoms with van der Waals surface area (Å²) in [5.41, 5.74) is 2.84. The Morgan fingerprint density at radius 1 is 1.31 bits per heavy atom. The van der Waals surface area contributed by atoms with Crippen molar-refractivity contribution in [3.63, 3.8) is 0 Å². The Bertz CT molecular complexity index is 912. The van der Waals surface area contributed by atoms with Crippen LogP contribution in [0.4, 0.5) is 4.79 Å². The van der Waals surface area contributed by atoms with Gasteiger partial charge in [-0.1, -0.05) is 58.4 Å². The molecule has 2 N–H and O–H groups in total. The first-order chi connectivity index (χ1) is 14.8. The summed E-state index contributed by atoms with van der Waals surface area (Å²) in [6.07, 6.45) is 5.60. The van der Waals surface area contributed by atoms with E-state index in [9.17, 15) is 9.59 Å². The third-order valence-corrected chi connectivity index (χ3v) is 7.26. The van der Waals surface area contributed by atoms with Gasteiger partial charge >= 0.3 is 12.0 Å². The molecule has 32 heavy (non-hydrogen) atoms.